The number of aryl methyl sites for hydroxylation is 1. The number of anilines is 1. The number of carbonyl (C=O) groups is 1. The van der Waals surface area contributed by atoms with Crippen molar-refractivity contribution in [1.82, 2.24) is 0 Å². The number of nitrogens with one attached hydrogen (secondary N) is 1. The molecule has 0 aromatic heterocycles. The van der Waals surface area contributed by atoms with E-state index in [0.29, 0.717) is 17.2 Å². The predicted molar refractivity (Wildman–Crippen MR) is 77.6 cm³/mol. The predicted octanol–water partition coefficient (Wildman–Crippen LogP) is 3.47. The smallest absolute Gasteiger partial charge is 0.411 e. The highest BCUT2D eigenvalue weighted by Gasteiger charge is 2.13. The highest BCUT2D eigenvalue weighted by atomic mass is 16.7. The fourth-order valence-electron chi connectivity index (χ4n) is 1.97. The van der Waals surface area contributed by atoms with Crippen LogP contribution in [-0.4, -0.2) is 12.9 Å². The Morgan fingerprint density at radius 2 is 1.90 bits per heavy atom. The van der Waals surface area contributed by atoms with Gasteiger partial charge in [0, 0.05) is 5.69 Å². The highest BCUT2D eigenvalue weighted by Crippen LogP contribution is 2.32. The van der Waals surface area contributed by atoms with Crippen molar-refractivity contribution in [2.45, 2.75) is 13.5 Å². The minimum absolute atomic E-state index is 0.175. The van der Waals surface area contributed by atoms with Crippen LogP contribution in [0.5, 0.6) is 11.5 Å². The van der Waals surface area contributed by atoms with Gasteiger partial charge in [0.25, 0.3) is 0 Å². The van der Waals surface area contributed by atoms with Crippen LogP contribution in [0.4, 0.5) is 10.5 Å². The van der Waals surface area contributed by atoms with Crippen LogP contribution in [0.25, 0.3) is 0 Å². The summed E-state index contributed by atoms with van der Waals surface area (Å²) in [7, 11) is 0. The largest absolute Gasteiger partial charge is 0.454 e. The van der Waals surface area contributed by atoms with E-state index in [-0.39, 0.29) is 13.4 Å². The molecule has 5 nitrogen and oxygen atoms in total. The molecule has 1 heterocycles. The summed E-state index contributed by atoms with van der Waals surface area (Å²) in [5, 5.41) is 2.67. The monoisotopic (exact) mass is 285 g/mol. The topological polar surface area (TPSA) is 56.8 Å². The van der Waals surface area contributed by atoms with Gasteiger partial charge < -0.3 is 14.2 Å². The van der Waals surface area contributed by atoms with Crippen molar-refractivity contribution in [2.24, 2.45) is 0 Å². The number of fused-ring (bicyclic) bond motifs is 1. The van der Waals surface area contributed by atoms with E-state index in [1.54, 1.807) is 6.07 Å². The van der Waals surface area contributed by atoms with Crippen molar-refractivity contribution in [2.75, 3.05) is 12.1 Å². The molecule has 0 saturated carbocycles. The lowest BCUT2D eigenvalue weighted by Crippen LogP contribution is -2.13. The summed E-state index contributed by atoms with van der Waals surface area (Å²) in [6.45, 7) is 2.39. The van der Waals surface area contributed by atoms with Crippen molar-refractivity contribution < 1.29 is 19.0 Å². The third kappa shape index (κ3) is 3.25. The van der Waals surface area contributed by atoms with Gasteiger partial charge in [-0.05, 0) is 36.8 Å². The second-order valence-corrected chi connectivity index (χ2v) is 4.75. The molecule has 1 aliphatic rings. The summed E-state index contributed by atoms with van der Waals surface area (Å²) in [6.07, 6.45) is -0.489. The second kappa shape index (κ2) is 5.75. The minimum atomic E-state index is -0.489. The molecule has 108 valence electrons. The molecule has 0 unspecified atom stereocenters. The second-order valence-electron chi connectivity index (χ2n) is 4.75. The van der Waals surface area contributed by atoms with Crippen molar-refractivity contribution in [1.29, 1.82) is 0 Å². The van der Waals surface area contributed by atoms with E-state index >= 15 is 0 Å². The van der Waals surface area contributed by atoms with Gasteiger partial charge in [-0.2, -0.15) is 0 Å². The quantitative estimate of drug-likeness (QED) is 0.938. The zero-order chi connectivity index (χ0) is 14.7. The first-order chi connectivity index (χ1) is 10.2. The molecule has 0 aliphatic carbocycles. The lowest BCUT2D eigenvalue weighted by atomic mass is 10.2. The molecule has 0 saturated heterocycles. The first-order valence-electron chi connectivity index (χ1n) is 6.60. The summed E-state index contributed by atoms with van der Waals surface area (Å²) < 4.78 is 15.7. The van der Waals surface area contributed by atoms with Crippen LogP contribution >= 0.6 is 0 Å². The molecular formula is C16H15NO4. The Balaban J connectivity index is 1.55. The van der Waals surface area contributed by atoms with Gasteiger partial charge in [-0.25, -0.2) is 4.79 Å². The zero-order valence-corrected chi connectivity index (χ0v) is 11.6. The van der Waals surface area contributed by atoms with E-state index in [1.807, 2.05) is 43.3 Å². The van der Waals surface area contributed by atoms with Gasteiger partial charge >= 0.3 is 6.09 Å². The van der Waals surface area contributed by atoms with E-state index in [2.05, 4.69) is 5.32 Å². The normalized spacial score (nSPS) is 12.0. The van der Waals surface area contributed by atoms with Crippen LogP contribution in [0.2, 0.25) is 0 Å². The standard InChI is InChI=1S/C16H15NO4/c1-11-2-5-13(6-3-11)17-16(18)19-9-12-4-7-14-15(8-12)21-10-20-14/h2-8H,9-10H2,1H3,(H,17,18). The fraction of sp³-hybridized carbons (Fsp3) is 0.188. The summed E-state index contributed by atoms with van der Waals surface area (Å²) in [6, 6.07) is 13.0. The van der Waals surface area contributed by atoms with Crippen LogP contribution in [0.1, 0.15) is 11.1 Å². The molecule has 3 rings (SSSR count). The number of ether oxygens (including phenoxy) is 3. The van der Waals surface area contributed by atoms with Crippen LogP contribution < -0.4 is 14.8 Å². The van der Waals surface area contributed by atoms with Crippen molar-refractivity contribution >= 4 is 11.8 Å². The van der Waals surface area contributed by atoms with E-state index in [1.165, 1.54) is 0 Å². The zero-order valence-electron chi connectivity index (χ0n) is 11.6. The molecule has 5 heteroatoms. The van der Waals surface area contributed by atoms with Crippen LogP contribution in [0.3, 0.4) is 0 Å². The molecule has 1 amide bonds. The summed E-state index contributed by atoms with van der Waals surface area (Å²) in [4.78, 5) is 11.7. The lowest BCUT2D eigenvalue weighted by molar-refractivity contribution is 0.154. The van der Waals surface area contributed by atoms with Gasteiger partial charge in [-0.3, -0.25) is 5.32 Å². The Hall–Kier alpha value is -2.69. The highest BCUT2D eigenvalue weighted by molar-refractivity contribution is 5.84. The number of rotatable bonds is 3. The van der Waals surface area contributed by atoms with Gasteiger partial charge in [-0.1, -0.05) is 23.8 Å². The number of hydrogen-bond donors (Lipinski definition) is 1. The average molecular weight is 285 g/mol. The molecule has 2 aromatic rings. The maximum Gasteiger partial charge on any atom is 0.411 e. The maximum atomic E-state index is 11.7. The Bertz CT molecular complexity index is 652. The third-order valence-corrected chi connectivity index (χ3v) is 3.10. The molecule has 21 heavy (non-hydrogen) atoms. The first-order valence-corrected chi connectivity index (χ1v) is 6.60. The van der Waals surface area contributed by atoms with E-state index in [0.717, 1.165) is 11.1 Å². The molecule has 1 aliphatic heterocycles. The van der Waals surface area contributed by atoms with Gasteiger partial charge in [-0.15, -0.1) is 0 Å². The van der Waals surface area contributed by atoms with E-state index in [4.69, 9.17) is 14.2 Å². The number of hydrogen-bond acceptors (Lipinski definition) is 4. The molecule has 0 spiro atoms. The Kier molecular flexibility index (Phi) is 3.64. The number of benzene rings is 2. The minimum Gasteiger partial charge on any atom is -0.454 e. The summed E-state index contributed by atoms with van der Waals surface area (Å²) >= 11 is 0. The average Bonchev–Trinajstić information content (AvgIpc) is 2.95. The Labute approximate surface area is 122 Å². The van der Waals surface area contributed by atoms with Crippen molar-refractivity contribution in [3.8, 4) is 11.5 Å². The molecular weight excluding hydrogens is 270 g/mol. The van der Waals surface area contributed by atoms with Gasteiger partial charge in [0.15, 0.2) is 11.5 Å². The van der Waals surface area contributed by atoms with Gasteiger partial charge in [0.1, 0.15) is 6.61 Å². The summed E-state index contributed by atoms with van der Waals surface area (Å²) in [5.74, 6) is 1.39. The number of amides is 1. The molecule has 1 N–H and O–H groups in total. The SMILES string of the molecule is Cc1ccc(NC(=O)OCc2ccc3c(c2)OCO3)cc1. The lowest BCUT2D eigenvalue weighted by Gasteiger charge is -2.08. The molecule has 0 fully saturated rings. The Morgan fingerprint density at radius 3 is 2.71 bits per heavy atom. The molecule has 0 bridgehead atoms. The fourth-order valence-corrected chi connectivity index (χ4v) is 1.97. The number of carbonyl (C=O) groups excluding carboxylic acids is 1. The van der Waals surface area contributed by atoms with E-state index in [9.17, 15) is 4.79 Å². The Morgan fingerprint density at radius 1 is 1.14 bits per heavy atom. The first kappa shape index (κ1) is 13.3. The van der Waals surface area contributed by atoms with Crippen LogP contribution in [0.15, 0.2) is 42.5 Å². The molecule has 0 atom stereocenters. The van der Waals surface area contributed by atoms with E-state index < -0.39 is 6.09 Å². The van der Waals surface area contributed by atoms with Crippen LogP contribution in [0, 0.1) is 6.92 Å². The van der Waals surface area contributed by atoms with Crippen molar-refractivity contribution in [3.05, 3.63) is 53.6 Å². The maximum absolute atomic E-state index is 11.7. The van der Waals surface area contributed by atoms with Crippen molar-refractivity contribution in [3.63, 3.8) is 0 Å². The third-order valence-electron chi connectivity index (χ3n) is 3.10. The van der Waals surface area contributed by atoms with Gasteiger partial charge in [0.05, 0.1) is 0 Å². The van der Waals surface area contributed by atoms with Gasteiger partial charge in [0.2, 0.25) is 6.79 Å². The molecule has 2 aromatic carbocycles. The molecule has 0 radical (unpaired) electrons. The van der Waals surface area contributed by atoms with Crippen LogP contribution in [-0.2, 0) is 11.3 Å². The summed E-state index contributed by atoms with van der Waals surface area (Å²) in [5.41, 5.74) is 2.68.